The van der Waals surface area contributed by atoms with Crippen LogP contribution in [-0.4, -0.2) is 5.11 Å². The van der Waals surface area contributed by atoms with Gasteiger partial charge in [0.2, 0.25) is 0 Å². The van der Waals surface area contributed by atoms with E-state index in [-0.39, 0.29) is 10.8 Å². The fourth-order valence-electron chi connectivity index (χ4n) is 1.91. The summed E-state index contributed by atoms with van der Waals surface area (Å²) in [5.74, 6) is -0.371. The Hall–Kier alpha value is -0.900. The van der Waals surface area contributed by atoms with Crippen LogP contribution in [0.4, 0.5) is 4.39 Å². The molecule has 0 saturated heterocycles. The summed E-state index contributed by atoms with van der Waals surface area (Å²) in [5, 5.41) is 10.6. The first-order valence-corrected chi connectivity index (χ1v) is 6.97. The topological polar surface area (TPSA) is 20.2 Å². The average Bonchev–Trinajstić information content (AvgIpc) is 2.33. The molecule has 0 heterocycles. The van der Waals surface area contributed by atoms with Crippen molar-refractivity contribution in [2.75, 3.05) is 0 Å². The molecule has 0 fully saturated rings. The molecule has 0 aliphatic carbocycles. The molecule has 0 bridgehead atoms. The monoisotopic (exact) mass is 342 g/mol. The summed E-state index contributed by atoms with van der Waals surface area (Å²) in [4.78, 5) is 0. The zero-order chi connectivity index (χ0) is 14.2. The quantitative estimate of drug-likeness (QED) is 0.819. The van der Waals surface area contributed by atoms with Gasteiger partial charge in [0.1, 0.15) is 11.9 Å². The molecule has 0 aliphatic rings. The van der Waals surface area contributed by atoms with Gasteiger partial charge in [-0.2, -0.15) is 0 Å². The number of benzene rings is 2. The van der Waals surface area contributed by atoms with E-state index in [1.165, 1.54) is 6.07 Å². The molecule has 0 aliphatic heterocycles. The Morgan fingerprint density at radius 3 is 2.47 bits per heavy atom. The highest BCUT2D eigenvalue weighted by molar-refractivity contribution is 9.10. The highest BCUT2D eigenvalue weighted by atomic mass is 79.9. The standard InChI is InChI=1S/C15H13BrClFO/c1-8-3-4-10(12(16)5-8)15(19)11-6-9(2)14(18)7-13(11)17/h3-7,15,19H,1-2H3. The van der Waals surface area contributed by atoms with Crippen LogP contribution in [-0.2, 0) is 0 Å². The third kappa shape index (κ3) is 2.99. The maximum absolute atomic E-state index is 13.4. The summed E-state index contributed by atoms with van der Waals surface area (Å²) in [6, 6.07) is 8.47. The summed E-state index contributed by atoms with van der Waals surface area (Å²) in [6.45, 7) is 3.61. The van der Waals surface area contributed by atoms with Crippen molar-refractivity contribution in [3.63, 3.8) is 0 Å². The molecule has 1 nitrogen and oxygen atoms in total. The van der Waals surface area contributed by atoms with Gasteiger partial charge in [0.15, 0.2) is 0 Å². The highest BCUT2D eigenvalue weighted by Crippen LogP contribution is 2.34. The van der Waals surface area contributed by atoms with Crippen LogP contribution in [0.15, 0.2) is 34.8 Å². The van der Waals surface area contributed by atoms with Crippen LogP contribution in [0.3, 0.4) is 0 Å². The first kappa shape index (κ1) is 14.5. The van der Waals surface area contributed by atoms with Crippen LogP contribution >= 0.6 is 27.5 Å². The van der Waals surface area contributed by atoms with Crippen molar-refractivity contribution in [3.05, 3.63) is 67.9 Å². The Balaban J connectivity index is 2.49. The second-order valence-electron chi connectivity index (χ2n) is 4.55. The van der Waals surface area contributed by atoms with Crippen LogP contribution in [0.5, 0.6) is 0 Å². The van der Waals surface area contributed by atoms with Crippen molar-refractivity contribution < 1.29 is 9.50 Å². The van der Waals surface area contributed by atoms with E-state index >= 15 is 0 Å². The molecule has 0 radical (unpaired) electrons. The molecule has 1 unspecified atom stereocenters. The minimum Gasteiger partial charge on any atom is -0.384 e. The summed E-state index contributed by atoms with van der Waals surface area (Å²) in [6.07, 6.45) is -0.887. The number of rotatable bonds is 2. The van der Waals surface area contributed by atoms with Crippen molar-refractivity contribution >= 4 is 27.5 Å². The highest BCUT2D eigenvalue weighted by Gasteiger charge is 2.18. The number of halogens is 3. The number of aryl methyl sites for hydroxylation is 2. The SMILES string of the molecule is Cc1ccc(C(O)c2cc(C)c(F)cc2Cl)c(Br)c1. The maximum Gasteiger partial charge on any atom is 0.127 e. The predicted octanol–water partition coefficient (Wildman–Crippen LogP) is 4.94. The smallest absolute Gasteiger partial charge is 0.127 e. The van der Waals surface area contributed by atoms with Crippen LogP contribution in [0.25, 0.3) is 0 Å². The van der Waals surface area contributed by atoms with E-state index in [0.717, 1.165) is 10.0 Å². The Morgan fingerprint density at radius 2 is 1.84 bits per heavy atom. The third-order valence-corrected chi connectivity index (χ3v) is 4.04. The molecular weight excluding hydrogens is 331 g/mol. The van der Waals surface area contributed by atoms with E-state index in [0.29, 0.717) is 16.7 Å². The maximum atomic E-state index is 13.4. The summed E-state index contributed by atoms with van der Waals surface area (Å²) in [5.41, 5.74) is 2.76. The molecule has 2 aromatic rings. The number of aliphatic hydroxyl groups is 1. The zero-order valence-electron chi connectivity index (χ0n) is 10.5. The molecule has 0 saturated carbocycles. The van der Waals surface area contributed by atoms with Crippen LogP contribution in [0, 0.1) is 19.7 Å². The van der Waals surface area contributed by atoms with Gasteiger partial charge in [-0.25, -0.2) is 4.39 Å². The van der Waals surface area contributed by atoms with Gasteiger partial charge in [-0.15, -0.1) is 0 Å². The number of hydrogen-bond donors (Lipinski definition) is 1. The van der Waals surface area contributed by atoms with E-state index in [2.05, 4.69) is 15.9 Å². The molecule has 0 aromatic heterocycles. The average molecular weight is 344 g/mol. The third-order valence-electron chi connectivity index (χ3n) is 3.02. The minimum atomic E-state index is -0.887. The molecule has 2 rings (SSSR count). The molecule has 19 heavy (non-hydrogen) atoms. The second-order valence-corrected chi connectivity index (χ2v) is 5.81. The normalized spacial score (nSPS) is 12.5. The number of hydrogen-bond acceptors (Lipinski definition) is 1. The van der Waals surface area contributed by atoms with Gasteiger partial charge in [0.25, 0.3) is 0 Å². The molecule has 4 heteroatoms. The van der Waals surface area contributed by atoms with Crippen molar-refractivity contribution in [1.29, 1.82) is 0 Å². The van der Waals surface area contributed by atoms with Gasteiger partial charge in [-0.05, 0) is 48.7 Å². The lowest BCUT2D eigenvalue weighted by Crippen LogP contribution is -2.03. The van der Waals surface area contributed by atoms with Crippen LogP contribution in [0.2, 0.25) is 5.02 Å². The molecule has 1 N–H and O–H groups in total. The Kier molecular flexibility index (Phi) is 4.29. The van der Waals surface area contributed by atoms with E-state index in [4.69, 9.17) is 11.6 Å². The molecule has 0 spiro atoms. The first-order valence-electron chi connectivity index (χ1n) is 5.80. The predicted molar refractivity (Wildman–Crippen MR) is 79.1 cm³/mol. The van der Waals surface area contributed by atoms with Crippen molar-refractivity contribution in [2.24, 2.45) is 0 Å². The van der Waals surface area contributed by atoms with Crippen LogP contribution in [0.1, 0.15) is 28.4 Å². The van der Waals surface area contributed by atoms with E-state index in [1.807, 2.05) is 25.1 Å². The zero-order valence-corrected chi connectivity index (χ0v) is 12.9. The van der Waals surface area contributed by atoms with E-state index in [1.54, 1.807) is 13.0 Å². The number of aliphatic hydroxyl groups excluding tert-OH is 1. The van der Waals surface area contributed by atoms with Gasteiger partial charge in [0, 0.05) is 15.1 Å². The second kappa shape index (κ2) is 5.61. The molecule has 2 aromatic carbocycles. The van der Waals surface area contributed by atoms with Gasteiger partial charge in [0.05, 0.1) is 0 Å². The fraction of sp³-hybridized carbons (Fsp3) is 0.200. The lowest BCUT2D eigenvalue weighted by Gasteiger charge is -2.16. The molecule has 100 valence electrons. The van der Waals surface area contributed by atoms with Gasteiger partial charge in [-0.1, -0.05) is 39.7 Å². The first-order chi connectivity index (χ1) is 8.90. The van der Waals surface area contributed by atoms with Crippen molar-refractivity contribution in [1.82, 2.24) is 0 Å². The minimum absolute atomic E-state index is 0.225. The Labute approximate surface area is 125 Å². The largest absolute Gasteiger partial charge is 0.384 e. The summed E-state index contributed by atoms with van der Waals surface area (Å²) in [7, 11) is 0. The fourth-order valence-corrected chi connectivity index (χ4v) is 2.87. The van der Waals surface area contributed by atoms with Gasteiger partial charge < -0.3 is 5.11 Å². The molecular formula is C15H13BrClFO. The van der Waals surface area contributed by atoms with E-state index < -0.39 is 6.10 Å². The lowest BCUT2D eigenvalue weighted by atomic mass is 9.99. The van der Waals surface area contributed by atoms with Gasteiger partial charge in [-0.3, -0.25) is 0 Å². The van der Waals surface area contributed by atoms with Crippen molar-refractivity contribution in [3.8, 4) is 0 Å². The Morgan fingerprint density at radius 1 is 1.16 bits per heavy atom. The van der Waals surface area contributed by atoms with Crippen molar-refractivity contribution in [2.45, 2.75) is 20.0 Å². The lowest BCUT2D eigenvalue weighted by molar-refractivity contribution is 0.219. The van der Waals surface area contributed by atoms with Crippen LogP contribution < -0.4 is 0 Å². The Bertz CT molecular complexity index is 628. The van der Waals surface area contributed by atoms with E-state index in [9.17, 15) is 9.50 Å². The molecule has 1 atom stereocenters. The molecule has 0 amide bonds. The van der Waals surface area contributed by atoms with Gasteiger partial charge >= 0.3 is 0 Å². The summed E-state index contributed by atoms with van der Waals surface area (Å²) >= 11 is 9.44. The summed E-state index contributed by atoms with van der Waals surface area (Å²) < 4.78 is 14.2.